The average molecular weight is 356 g/mol. The van der Waals surface area contributed by atoms with Crippen LogP contribution in [-0.4, -0.2) is 43.6 Å². The molecule has 2 aromatic heterocycles. The van der Waals surface area contributed by atoms with Crippen molar-refractivity contribution in [1.29, 1.82) is 0 Å². The van der Waals surface area contributed by atoms with Crippen molar-refractivity contribution in [3.8, 4) is 0 Å². The van der Waals surface area contributed by atoms with Gasteiger partial charge in [-0.3, -0.25) is 0 Å². The molecule has 0 aliphatic carbocycles. The van der Waals surface area contributed by atoms with Crippen LogP contribution in [0.25, 0.3) is 10.9 Å². The first-order chi connectivity index (χ1) is 12.1. The number of hydrogen-bond donors (Lipinski definition) is 1. The molecule has 0 bridgehead atoms. The second-order valence-electron chi connectivity index (χ2n) is 6.23. The molecule has 1 aliphatic heterocycles. The Bertz CT molecular complexity index is 1000. The summed E-state index contributed by atoms with van der Waals surface area (Å²) < 4.78 is 27.4. The topological polar surface area (TPSA) is 67.2 Å². The number of benzene rings is 1. The summed E-state index contributed by atoms with van der Waals surface area (Å²) in [6.45, 7) is 5.47. The summed E-state index contributed by atoms with van der Waals surface area (Å²) in [5, 5.41) is 4.18. The van der Waals surface area contributed by atoms with Crippen molar-refractivity contribution in [2.75, 3.05) is 31.1 Å². The van der Waals surface area contributed by atoms with E-state index in [1.165, 1.54) is 3.97 Å². The SMILES string of the molecule is Cc1ccc(S(=O)(=O)n2ccc3c(N4CCNCC4)nccc32)cc1. The van der Waals surface area contributed by atoms with Gasteiger partial charge in [-0.1, -0.05) is 17.7 Å². The molecule has 1 aromatic carbocycles. The minimum Gasteiger partial charge on any atom is -0.354 e. The first-order valence-corrected chi connectivity index (χ1v) is 9.75. The number of piperazine rings is 1. The highest BCUT2D eigenvalue weighted by Crippen LogP contribution is 2.28. The van der Waals surface area contributed by atoms with Crippen LogP contribution < -0.4 is 10.2 Å². The van der Waals surface area contributed by atoms with Crippen LogP contribution in [0.15, 0.2) is 53.7 Å². The molecule has 7 heteroatoms. The van der Waals surface area contributed by atoms with Crippen molar-refractivity contribution in [3.05, 3.63) is 54.4 Å². The van der Waals surface area contributed by atoms with E-state index in [4.69, 9.17) is 0 Å². The Labute approximate surface area is 147 Å². The Morgan fingerprint density at radius 3 is 2.48 bits per heavy atom. The zero-order chi connectivity index (χ0) is 17.4. The van der Waals surface area contributed by atoms with Gasteiger partial charge in [0.1, 0.15) is 5.82 Å². The summed E-state index contributed by atoms with van der Waals surface area (Å²) in [5.41, 5.74) is 1.69. The van der Waals surface area contributed by atoms with Gasteiger partial charge in [-0.05, 0) is 31.2 Å². The first kappa shape index (κ1) is 16.1. The van der Waals surface area contributed by atoms with Gasteiger partial charge in [0.25, 0.3) is 10.0 Å². The molecule has 0 radical (unpaired) electrons. The molecule has 3 aromatic rings. The molecule has 1 aliphatic rings. The Balaban J connectivity index is 1.82. The fourth-order valence-corrected chi connectivity index (χ4v) is 4.54. The molecule has 0 saturated carbocycles. The van der Waals surface area contributed by atoms with Gasteiger partial charge in [0.15, 0.2) is 0 Å². The Hall–Kier alpha value is -2.38. The number of pyridine rings is 1. The predicted molar refractivity (Wildman–Crippen MR) is 98.6 cm³/mol. The van der Waals surface area contributed by atoms with Gasteiger partial charge < -0.3 is 10.2 Å². The van der Waals surface area contributed by atoms with Crippen LogP contribution in [0.1, 0.15) is 5.56 Å². The van der Waals surface area contributed by atoms with Crippen molar-refractivity contribution in [2.24, 2.45) is 0 Å². The normalized spacial score (nSPS) is 15.6. The molecule has 4 rings (SSSR count). The fourth-order valence-electron chi connectivity index (χ4n) is 3.19. The maximum Gasteiger partial charge on any atom is 0.268 e. The molecular weight excluding hydrogens is 336 g/mol. The molecule has 0 unspecified atom stereocenters. The van der Waals surface area contributed by atoms with Gasteiger partial charge in [0, 0.05) is 44.0 Å². The van der Waals surface area contributed by atoms with Gasteiger partial charge in [-0.2, -0.15) is 0 Å². The second-order valence-corrected chi connectivity index (χ2v) is 8.05. The number of hydrogen-bond acceptors (Lipinski definition) is 5. The number of aryl methyl sites for hydroxylation is 1. The van der Waals surface area contributed by atoms with Crippen LogP contribution in [0.4, 0.5) is 5.82 Å². The summed E-state index contributed by atoms with van der Waals surface area (Å²) in [5.74, 6) is 0.844. The van der Waals surface area contributed by atoms with Gasteiger partial charge in [0.2, 0.25) is 0 Å². The fraction of sp³-hybridized carbons (Fsp3) is 0.278. The minimum atomic E-state index is -3.63. The monoisotopic (exact) mass is 356 g/mol. The van der Waals surface area contributed by atoms with Crippen LogP contribution in [0, 0.1) is 6.92 Å². The molecule has 3 heterocycles. The molecule has 6 nitrogen and oxygen atoms in total. The highest BCUT2D eigenvalue weighted by molar-refractivity contribution is 7.90. The molecule has 25 heavy (non-hydrogen) atoms. The second kappa shape index (κ2) is 6.16. The summed E-state index contributed by atoms with van der Waals surface area (Å²) in [4.78, 5) is 6.98. The van der Waals surface area contributed by atoms with E-state index in [0.29, 0.717) is 5.52 Å². The molecule has 1 fully saturated rings. The molecule has 0 spiro atoms. The largest absolute Gasteiger partial charge is 0.354 e. The number of nitrogens with one attached hydrogen (secondary N) is 1. The Morgan fingerprint density at radius 1 is 1.04 bits per heavy atom. The van der Waals surface area contributed by atoms with E-state index < -0.39 is 10.0 Å². The lowest BCUT2D eigenvalue weighted by atomic mass is 10.2. The average Bonchev–Trinajstić information content (AvgIpc) is 3.08. The Morgan fingerprint density at radius 2 is 1.76 bits per heavy atom. The highest BCUT2D eigenvalue weighted by Gasteiger charge is 2.22. The van der Waals surface area contributed by atoms with Gasteiger partial charge in [-0.15, -0.1) is 0 Å². The number of aromatic nitrogens is 2. The summed E-state index contributed by atoms with van der Waals surface area (Å²) in [6, 6.07) is 10.5. The number of anilines is 1. The summed E-state index contributed by atoms with van der Waals surface area (Å²) >= 11 is 0. The standard InChI is InChI=1S/C18H20N4O2S/c1-14-2-4-15(5-3-14)25(23,24)22-11-7-16-17(22)6-8-20-18(16)21-12-9-19-10-13-21/h2-8,11,19H,9-10,12-13H2,1H3. The van der Waals surface area contributed by atoms with Gasteiger partial charge in [0.05, 0.1) is 10.4 Å². The zero-order valence-electron chi connectivity index (χ0n) is 14.0. The molecule has 0 atom stereocenters. The predicted octanol–water partition coefficient (Wildman–Crippen LogP) is 1.99. The van der Waals surface area contributed by atoms with Crippen molar-refractivity contribution in [2.45, 2.75) is 11.8 Å². The van der Waals surface area contributed by atoms with E-state index in [0.717, 1.165) is 42.9 Å². The summed E-state index contributed by atoms with van der Waals surface area (Å²) in [6.07, 6.45) is 3.30. The van der Waals surface area contributed by atoms with Gasteiger partial charge in [-0.25, -0.2) is 17.4 Å². The number of rotatable bonds is 3. The first-order valence-electron chi connectivity index (χ1n) is 8.31. The van der Waals surface area contributed by atoms with E-state index in [1.807, 2.05) is 25.1 Å². The van der Waals surface area contributed by atoms with Crippen molar-refractivity contribution < 1.29 is 8.42 Å². The quantitative estimate of drug-likeness (QED) is 0.777. The lowest BCUT2D eigenvalue weighted by molar-refractivity contribution is 0.586. The summed E-state index contributed by atoms with van der Waals surface area (Å²) in [7, 11) is -3.63. The molecule has 130 valence electrons. The van der Waals surface area contributed by atoms with Crippen LogP contribution in [-0.2, 0) is 10.0 Å². The van der Waals surface area contributed by atoms with E-state index in [-0.39, 0.29) is 4.90 Å². The molecule has 1 N–H and O–H groups in total. The van der Waals surface area contributed by atoms with Crippen molar-refractivity contribution >= 4 is 26.7 Å². The highest BCUT2D eigenvalue weighted by atomic mass is 32.2. The van der Waals surface area contributed by atoms with Crippen LogP contribution in [0.5, 0.6) is 0 Å². The Kier molecular flexibility index (Phi) is 3.97. The lowest BCUT2D eigenvalue weighted by Crippen LogP contribution is -2.43. The lowest BCUT2D eigenvalue weighted by Gasteiger charge is -2.28. The zero-order valence-corrected chi connectivity index (χ0v) is 14.8. The third kappa shape index (κ3) is 2.79. The number of fused-ring (bicyclic) bond motifs is 1. The van der Waals surface area contributed by atoms with Crippen LogP contribution in [0.2, 0.25) is 0 Å². The molecule has 1 saturated heterocycles. The maximum atomic E-state index is 13.0. The van der Waals surface area contributed by atoms with Crippen LogP contribution in [0.3, 0.4) is 0 Å². The smallest absolute Gasteiger partial charge is 0.268 e. The van der Waals surface area contributed by atoms with Crippen molar-refractivity contribution in [3.63, 3.8) is 0 Å². The van der Waals surface area contributed by atoms with E-state index >= 15 is 0 Å². The van der Waals surface area contributed by atoms with E-state index in [2.05, 4.69) is 15.2 Å². The van der Waals surface area contributed by atoms with E-state index in [9.17, 15) is 8.42 Å². The van der Waals surface area contributed by atoms with Crippen molar-refractivity contribution in [1.82, 2.24) is 14.3 Å². The minimum absolute atomic E-state index is 0.288. The molecule has 0 amide bonds. The van der Waals surface area contributed by atoms with E-state index in [1.54, 1.807) is 30.6 Å². The van der Waals surface area contributed by atoms with Gasteiger partial charge >= 0.3 is 0 Å². The third-order valence-electron chi connectivity index (χ3n) is 4.55. The molecular formula is C18H20N4O2S. The maximum absolute atomic E-state index is 13.0. The number of nitrogens with zero attached hydrogens (tertiary/aromatic N) is 3. The van der Waals surface area contributed by atoms with Crippen LogP contribution >= 0.6 is 0 Å². The third-order valence-corrected chi connectivity index (χ3v) is 6.26.